The van der Waals surface area contributed by atoms with E-state index in [1.807, 2.05) is 0 Å². The van der Waals surface area contributed by atoms with Crippen LogP contribution in [-0.2, 0) is 9.59 Å². The van der Waals surface area contributed by atoms with Gasteiger partial charge in [-0.15, -0.1) is 0 Å². The van der Waals surface area contributed by atoms with E-state index in [0.29, 0.717) is 0 Å². The number of carbonyl (C=O) groups excluding carboxylic acids is 1. The quantitative estimate of drug-likeness (QED) is 0.196. The molecule has 1 atom stereocenters. The van der Waals surface area contributed by atoms with Gasteiger partial charge >= 0.3 is 5.97 Å². The van der Waals surface area contributed by atoms with Crippen LogP contribution in [0.15, 0.2) is 0 Å². The zero-order valence-electron chi connectivity index (χ0n) is 8.32. The average Bonchev–Trinajstić information content (AvgIpc) is 2.97. The number of amides is 1. The van der Waals surface area contributed by atoms with Crippen LogP contribution in [-0.4, -0.2) is 35.1 Å². The van der Waals surface area contributed by atoms with Crippen molar-refractivity contribution in [2.24, 2.45) is 11.6 Å². The number of rotatable bonds is 6. The number of aliphatic carboxylic acids is 1. The molecule has 1 rings (SSSR count). The van der Waals surface area contributed by atoms with E-state index in [1.165, 1.54) is 0 Å². The van der Waals surface area contributed by atoms with Crippen molar-refractivity contribution >= 4 is 11.9 Å². The monoisotopic (exact) mass is 216 g/mol. The summed E-state index contributed by atoms with van der Waals surface area (Å²) in [6, 6.07) is 0.0885. The Morgan fingerprint density at radius 2 is 2.07 bits per heavy atom. The van der Waals surface area contributed by atoms with Crippen LogP contribution in [0.2, 0.25) is 0 Å². The number of hydrogen-bond donors (Lipinski definition) is 5. The van der Waals surface area contributed by atoms with E-state index in [0.717, 1.165) is 12.8 Å². The third-order valence-electron chi connectivity index (χ3n) is 2.36. The molecule has 1 fully saturated rings. The molecule has 0 aliphatic heterocycles. The van der Waals surface area contributed by atoms with Gasteiger partial charge in [0.05, 0.1) is 0 Å². The Morgan fingerprint density at radius 1 is 1.47 bits per heavy atom. The van der Waals surface area contributed by atoms with E-state index < -0.39 is 17.4 Å². The Kier molecular flexibility index (Phi) is 3.61. The predicted octanol–water partition coefficient (Wildman–Crippen LogP) is -2.10. The molecule has 1 amide bonds. The maximum absolute atomic E-state index is 11.6. The molecule has 1 aliphatic rings. The van der Waals surface area contributed by atoms with Gasteiger partial charge in [0.15, 0.2) is 5.54 Å². The first-order valence-electron chi connectivity index (χ1n) is 4.77. The van der Waals surface area contributed by atoms with E-state index in [9.17, 15) is 9.59 Å². The number of carboxylic acid groups (broad SMARTS) is 1. The summed E-state index contributed by atoms with van der Waals surface area (Å²) in [6.07, 6.45) is 1.73. The van der Waals surface area contributed by atoms with Crippen LogP contribution < -0.4 is 22.3 Å². The zero-order chi connectivity index (χ0) is 11.5. The molecule has 0 bridgehead atoms. The highest BCUT2D eigenvalue weighted by Crippen LogP contribution is 2.20. The van der Waals surface area contributed by atoms with Crippen LogP contribution in [0.4, 0.5) is 0 Å². The van der Waals surface area contributed by atoms with Crippen LogP contribution in [0.3, 0.4) is 0 Å². The highest BCUT2D eigenvalue weighted by atomic mass is 16.4. The summed E-state index contributed by atoms with van der Waals surface area (Å²) in [6.45, 7) is 0.168. The van der Waals surface area contributed by atoms with E-state index in [-0.39, 0.29) is 19.0 Å². The lowest BCUT2D eigenvalue weighted by molar-refractivity contribution is -0.149. The second-order valence-electron chi connectivity index (χ2n) is 3.73. The zero-order valence-corrected chi connectivity index (χ0v) is 8.32. The normalized spacial score (nSPS) is 19.3. The smallest absolute Gasteiger partial charge is 0.333 e. The molecule has 0 spiro atoms. The van der Waals surface area contributed by atoms with Crippen molar-refractivity contribution in [3.63, 3.8) is 0 Å². The standard InChI is InChI=1S/C8H16N4O3/c9-8(7(14)15,3-4-11-10)6(13)12-5-1-2-5/h5,11H,1-4,9-10H2,(H,12,13)(H,14,15). The second-order valence-corrected chi connectivity index (χ2v) is 3.73. The first kappa shape index (κ1) is 11.9. The van der Waals surface area contributed by atoms with Gasteiger partial charge in [-0.25, -0.2) is 4.79 Å². The molecule has 0 aromatic heterocycles. The van der Waals surface area contributed by atoms with Gasteiger partial charge in [-0.05, 0) is 19.3 Å². The summed E-state index contributed by atoms with van der Waals surface area (Å²) < 4.78 is 0. The fourth-order valence-electron chi connectivity index (χ4n) is 1.13. The lowest BCUT2D eigenvalue weighted by Gasteiger charge is -2.23. The number of hydrazine groups is 1. The van der Waals surface area contributed by atoms with Crippen LogP contribution >= 0.6 is 0 Å². The number of hydrogen-bond acceptors (Lipinski definition) is 5. The fraction of sp³-hybridized carbons (Fsp3) is 0.750. The largest absolute Gasteiger partial charge is 0.479 e. The Bertz CT molecular complexity index is 267. The fourth-order valence-corrected chi connectivity index (χ4v) is 1.13. The third kappa shape index (κ3) is 2.88. The number of nitrogens with two attached hydrogens (primary N) is 2. The minimum Gasteiger partial charge on any atom is -0.479 e. The van der Waals surface area contributed by atoms with Gasteiger partial charge in [0.25, 0.3) is 5.91 Å². The van der Waals surface area contributed by atoms with Gasteiger partial charge in [0.2, 0.25) is 0 Å². The maximum Gasteiger partial charge on any atom is 0.333 e. The van der Waals surface area contributed by atoms with Crippen molar-refractivity contribution in [1.82, 2.24) is 10.7 Å². The number of nitrogens with one attached hydrogen (secondary N) is 2. The minimum atomic E-state index is -1.89. The molecule has 0 aromatic rings. The van der Waals surface area contributed by atoms with Gasteiger partial charge in [0.1, 0.15) is 0 Å². The highest BCUT2D eigenvalue weighted by Gasteiger charge is 2.43. The van der Waals surface area contributed by atoms with Crippen molar-refractivity contribution in [3.8, 4) is 0 Å². The van der Waals surface area contributed by atoms with Gasteiger partial charge in [0, 0.05) is 12.6 Å². The molecule has 1 aliphatic carbocycles. The topological polar surface area (TPSA) is 130 Å². The van der Waals surface area contributed by atoms with Gasteiger partial charge in [-0.3, -0.25) is 16.1 Å². The molecule has 7 heteroatoms. The summed E-state index contributed by atoms with van der Waals surface area (Å²) in [5, 5.41) is 11.5. The van der Waals surface area contributed by atoms with Crippen LogP contribution in [0.1, 0.15) is 19.3 Å². The Labute approximate surface area is 87.2 Å². The van der Waals surface area contributed by atoms with E-state index in [4.69, 9.17) is 16.7 Å². The van der Waals surface area contributed by atoms with Crippen molar-refractivity contribution in [3.05, 3.63) is 0 Å². The summed E-state index contributed by atoms with van der Waals surface area (Å²) >= 11 is 0. The van der Waals surface area contributed by atoms with Gasteiger partial charge < -0.3 is 16.2 Å². The van der Waals surface area contributed by atoms with Gasteiger partial charge in [-0.2, -0.15) is 0 Å². The third-order valence-corrected chi connectivity index (χ3v) is 2.36. The Hall–Kier alpha value is -1.18. The van der Waals surface area contributed by atoms with Crippen molar-refractivity contribution in [2.45, 2.75) is 30.8 Å². The molecule has 86 valence electrons. The maximum atomic E-state index is 11.6. The highest BCUT2D eigenvalue weighted by molar-refractivity contribution is 6.06. The molecule has 0 heterocycles. The first-order chi connectivity index (χ1) is 7.00. The molecule has 15 heavy (non-hydrogen) atoms. The van der Waals surface area contributed by atoms with Crippen LogP contribution in [0, 0.1) is 0 Å². The summed E-state index contributed by atoms with van der Waals surface area (Å²) in [7, 11) is 0. The Morgan fingerprint density at radius 3 is 2.47 bits per heavy atom. The van der Waals surface area contributed by atoms with Crippen LogP contribution in [0.5, 0.6) is 0 Å². The summed E-state index contributed by atoms with van der Waals surface area (Å²) in [4.78, 5) is 22.5. The number of carboxylic acids is 1. The lowest BCUT2D eigenvalue weighted by Crippen LogP contribution is -2.61. The Balaban J connectivity index is 2.60. The molecular formula is C8H16N4O3. The molecule has 7 nitrogen and oxygen atoms in total. The molecule has 1 unspecified atom stereocenters. The molecule has 0 saturated heterocycles. The van der Waals surface area contributed by atoms with Crippen molar-refractivity contribution < 1.29 is 14.7 Å². The molecule has 7 N–H and O–H groups in total. The van der Waals surface area contributed by atoms with E-state index >= 15 is 0 Å². The van der Waals surface area contributed by atoms with Crippen LogP contribution in [0.25, 0.3) is 0 Å². The summed E-state index contributed by atoms with van der Waals surface area (Å²) in [5.41, 5.74) is 5.92. The predicted molar refractivity (Wildman–Crippen MR) is 52.5 cm³/mol. The average molecular weight is 216 g/mol. The minimum absolute atomic E-state index is 0.0443. The van der Waals surface area contributed by atoms with E-state index in [2.05, 4.69) is 10.7 Å². The summed E-state index contributed by atoms with van der Waals surface area (Å²) in [5.74, 6) is 3.04. The van der Waals surface area contributed by atoms with Gasteiger partial charge in [-0.1, -0.05) is 0 Å². The van der Waals surface area contributed by atoms with Crippen molar-refractivity contribution in [1.29, 1.82) is 0 Å². The SMILES string of the molecule is NNCCC(N)(C(=O)O)C(=O)NC1CC1. The second kappa shape index (κ2) is 4.56. The molecular weight excluding hydrogens is 200 g/mol. The molecule has 0 radical (unpaired) electrons. The molecule has 1 saturated carbocycles. The lowest BCUT2D eigenvalue weighted by atomic mass is 9.95. The van der Waals surface area contributed by atoms with Crippen molar-refractivity contribution in [2.75, 3.05) is 6.54 Å². The molecule has 0 aromatic carbocycles. The van der Waals surface area contributed by atoms with E-state index in [1.54, 1.807) is 0 Å². The first-order valence-corrected chi connectivity index (χ1v) is 4.77. The number of carbonyl (C=O) groups is 2.